The number of anilines is 1. The van der Waals surface area contributed by atoms with Crippen LogP contribution in [0.1, 0.15) is 55.1 Å². The van der Waals surface area contributed by atoms with Crippen LogP contribution in [0.2, 0.25) is 0 Å². The molecule has 1 N–H and O–H groups in total. The standard InChI is InChI=1S/C19H28F3N5O/c1-25(2)11-13-5-3-4-8-26(13)18(28)15-10-17-23-14(12-6-7-12)9-16(19(20,21)22)27(17)24-15/h10,12-14,16,23H,3-9,11H2,1-2H3/t13?,14-,16+/m0/s1. The van der Waals surface area contributed by atoms with Gasteiger partial charge in [0.2, 0.25) is 0 Å². The quantitative estimate of drug-likeness (QED) is 0.845. The number of likely N-dealkylation sites (N-methyl/N-ethyl adjacent to an activating group) is 1. The molecular formula is C19H28F3N5O. The number of nitrogens with one attached hydrogen (secondary N) is 1. The van der Waals surface area contributed by atoms with Crippen molar-refractivity contribution < 1.29 is 18.0 Å². The van der Waals surface area contributed by atoms with Crippen LogP contribution in [0.5, 0.6) is 0 Å². The third-order valence-electron chi connectivity index (χ3n) is 6.09. The van der Waals surface area contributed by atoms with E-state index < -0.39 is 12.2 Å². The lowest BCUT2D eigenvalue weighted by atomic mass is 10.00. The number of amides is 1. The molecule has 4 rings (SSSR count). The summed E-state index contributed by atoms with van der Waals surface area (Å²) >= 11 is 0. The van der Waals surface area contributed by atoms with Crippen LogP contribution in [0, 0.1) is 5.92 Å². The van der Waals surface area contributed by atoms with E-state index in [9.17, 15) is 18.0 Å². The molecule has 0 bridgehead atoms. The predicted octanol–water partition coefficient (Wildman–Crippen LogP) is 3.14. The Morgan fingerprint density at radius 1 is 1.29 bits per heavy atom. The molecule has 1 saturated carbocycles. The van der Waals surface area contributed by atoms with E-state index in [1.807, 2.05) is 19.0 Å². The number of piperidine rings is 1. The van der Waals surface area contributed by atoms with Gasteiger partial charge in [0.25, 0.3) is 5.91 Å². The number of hydrogen-bond donors (Lipinski definition) is 1. The van der Waals surface area contributed by atoms with E-state index in [0.717, 1.165) is 43.3 Å². The van der Waals surface area contributed by atoms with Gasteiger partial charge in [0.1, 0.15) is 5.82 Å². The van der Waals surface area contributed by atoms with Crippen molar-refractivity contribution in [1.29, 1.82) is 0 Å². The van der Waals surface area contributed by atoms with Gasteiger partial charge >= 0.3 is 6.18 Å². The molecule has 3 atom stereocenters. The first-order valence-electron chi connectivity index (χ1n) is 10.1. The molecule has 3 heterocycles. The second-order valence-corrected chi connectivity index (χ2v) is 8.65. The molecular weight excluding hydrogens is 371 g/mol. The summed E-state index contributed by atoms with van der Waals surface area (Å²) in [5.74, 6) is 0.341. The van der Waals surface area contributed by atoms with E-state index in [1.165, 1.54) is 6.07 Å². The van der Waals surface area contributed by atoms with Crippen LogP contribution in [-0.4, -0.2) is 70.9 Å². The summed E-state index contributed by atoms with van der Waals surface area (Å²) in [5, 5.41) is 7.34. The highest BCUT2D eigenvalue weighted by molar-refractivity contribution is 5.93. The van der Waals surface area contributed by atoms with Crippen LogP contribution in [0.25, 0.3) is 0 Å². The number of halogens is 3. The van der Waals surface area contributed by atoms with Gasteiger partial charge < -0.3 is 15.1 Å². The first-order valence-corrected chi connectivity index (χ1v) is 10.1. The molecule has 2 fully saturated rings. The minimum absolute atomic E-state index is 0.0244. The van der Waals surface area contributed by atoms with Crippen LogP contribution in [0.15, 0.2) is 6.07 Å². The highest BCUT2D eigenvalue weighted by Crippen LogP contribution is 2.45. The minimum Gasteiger partial charge on any atom is -0.367 e. The van der Waals surface area contributed by atoms with Gasteiger partial charge in [-0.1, -0.05) is 0 Å². The molecule has 1 aromatic heterocycles. The Bertz CT molecular complexity index is 728. The van der Waals surface area contributed by atoms with Crippen molar-refractivity contribution >= 4 is 11.7 Å². The van der Waals surface area contributed by atoms with Crippen molar-refractivity contribution in [2.45, 2.75) is 62.8 Å². The van der Waals surface area contributed by atoms with Crippen molar-refractivity contribution in [3.05, 3.63) is 11.8 Å². The third kappa shape index (κ3) is 3.86. The lowest BCUT2D eigenvalue weighted by Crippen LogP contribution is -2.48. The fourth-order valence-corrected chi connectivity index (χ4v) is 4.54. The Morgan fingerprint density at radius 2 is 2.04 bits per heavy atom. The number of aromatic nitrogens is 2. The molecule has 1 amide bonds. The first kappa shape index (κ1) is 19.5. The number of likely N-dealkylation sites (tertiary alicyclic amines) is 1. The van der Waals surface area contributed by atoms with Gasteiger partial charge in [0, 0.05) is 31.2 Å². The van der Waals surface area contributed by atoms with Crippen molar-refractivity contribution in [1.82, 2.24) is 19.6 Å². The topological polar surface area (TPSA) is 53.4 Å². The lowest BCUT2D eigenvalue weighted by molar-refractivity contribution is -0.174. The van der Waals surface area contributed by atoms with Crippen LogP contribution in [-0.2, 0) is 0 Å². The third-order valence-corrected chi connectivity index (χ3v) is 6.09. The molecule has 1 saturated heterocycles. The molecule has 0 spiro atoms. The molecule has 0 radical (unpaired) electrons. The van der Waals surface area contributed by atoms with Gasteiger partial charge in [0.15, 0.2) is 11.7 Å². The molecule has 3 aliphatic rings. The zero-order valence-electron chi connectivity index (χ0n) is 16.4. The second-order valence-electron chi connectivity index (χ2n) is 8.65. The van der Waals surface area contributed by atoms with Gasteiger partial charge in [-0.25, -0.2) is 4.68 Å². The van der Waals surface area contributed by atoms with Gasteiger partial charge in [-0.3, -0.25) is 4.79 Å². The summed E-state index contributed by atoms with van der Waals surface area (Å²) in [6.45, 7) is 1.37. The van der Waals surface area contributed by atoms with Gasteiger partial charge in [-0.2, -0.15) is 18.3 Å². The molecule has 9 heteroatoms. The average molecular weight is 399 g/mol. The number of hydrogen-bond acceptors (Lipinski definition) is 4. The van der Waals surface area contributed by atoms with Crippen molar-refractivity contribution in [2.75, 3.05) is 32.5 Å². The summed E-state index contributed by atoms with van der Waals surface area (Å²) in [6.07, 6.45) is 0.395. The summed E-state index contributed by atoms with van der Waals surface area (Å²) < 4.78 is 42.0. The van der Waals surface area contributed by atoms with E-state index in [1.54, 1.807) is 4.90 Å². The number of nitrogens with zero attached hydrogens (tertiary/aromatic N) is 4. The molecule has 0 aromatic carbocycles. The smallest absolute Gasteiger partial charge is 0.367 e. The Balaban J connectivity index is 1.60. The zero-order valence-corrected chi connectivity index (χ0v) is 16.4. The molecule has 1 aliphatic carbocycles. The maximum Gasteiger partial charge on any atom is 0.410 e. The van der Waals surface area contributed by atoms with E-state index in [4.69, 9.17) is 0 Å². The molecule has 1 unspecified atom stereocenters. The van der Waals surface area contributed by atoms with Crippen LogP contribution >= 0.6 is 0 Å². The SMILES string of the molecule is CN(C)CC1CCCCN1C(=O)c1cc2n(n1)[C@@H](C(F)(F)F)C[C@@H](C1CC1)N2. The number of fused-ring (bicyclic) bond motifs is 1. The molecule has 6 nitrogen and oxygen atoms in total. The number of carbonyl (C=O) groups excluding carboxylic acids is 1. The zero-order chi connectivity index (χ0) is 20.1. The normalized spacial score (nSPS) is 28.2. The van der Waals surface area contributed by atoms with E-state index >= 15 is 0 Å². The highest BCUT2D eigenvalue weighted by Gasteiger charge is 2.49. The van der Waals surface area contributed by atoms with Crippen molar-refractivity contribution in [2.24, 2.45) is 5.92 Å². The average Bonchev–Trinajstić information content (AvgIpc) is 3.38. The Labute approximate surface area is 163 Å². The van der Waals surface area contributed by atoms with Gasteiger partial charge in [-0.15, -0.1) is 0 Å². The number of alkyl halides is 3. The molecule has 156 valence electrons. The maximum absolute atomic E-state index is 13.7. The second kappa shape index (κ2) is 7.24. The predicted molar refractivity (Wildman–Crippen MR) is 99.3 cm³/mol. The lowest BCUT2D eigenvalue weighted by Gasteiger charge is -2.36. The molecule has 2 aliphatic heterocycles. The monoisotopic (exact) mass is 399 g/mol. The first-order chi connectivity index (χ1) is 13.2. The molecule has 28 heavy (non-hydrogen) atoms. The Morgan fingerprint density at radius 3 is 2.68 bits per heavy atom. The molecule has 1 aromatic rings. The van der Waals surface area contributed by atoms with Crippen LogP contribution in [0.3, 0.4) is 0 Å². The number of rotatable bonds is 4. The van der Waals surface area contributed by atoms with Crippen LogP contribution < -0.4 is 5.32 Å². The Kier molecular flexibility index (Phi) is 5.05. The fraction of sp³-hybridized carbons (Fsp3) is 0.789. The minimum atomic E-state index is -4.38. The van der Waals surface area contributed by atoms with E-state index in [2.05, 4.69) is 10.4 Å². The largest absolute Gasteiger partial charge is 0.410 e. The fourth-order valence-electron chi connectivity index (χ4n) is 4.54. The number of carbonyl (C=O) groups is 1. The summed E-state index contributed by atoms with van der Waals surface area (Å²) in [5.41, 5.74) is 0.110. The summed E-state index contributed by atoms with van der Waals surface area (Å²) in [7, 11) is 3.92. The summed E-state index contributed by atoms with van der Waals surface area (Å²) in [4.78, 5) is 16.9. The highest BCUT2D eigenvalue weighted by atomic mass is 19.4. The van der Waals surface area contributed by atoms with Crippen molar-refractivity contribution in [3.63, 3.8) is 0 Å². The van der Waals surface area contributed by atoms with E-state index in [0.29, 0.717) is 18.3 Å². The summed E-state index contributed by atoms with van der Waals surface area (Å²) in [6, 6.07) is -0.289. The van der Waals surface area contributed by atoms with Crippen LogP contribution in [0.4, 0.5) is 19.0 Å². The van der Waals surface area contributed by atoms with Gasteiger partial charge in [0.05, 0.1) is 0 Å². The van der Waals surface area contributed by atoms with Gasteiger partial charge in [-0.05, 0) is 58.5 Å². The van der Waals surface area contributed by atoms with E-state index in [-0.39, 0.29) is 30.1 Å². The Hall–Kier alpha value is -1.77. The maximum atomic E-state index is 13.7. The van der Waals surface area contributed by atoms with Crippen molar-refractivity contribution in [3.8, 4) is 0 Å².